The van der Waals surface area contributed by atoms with Crippen molar-refractivity contribution in [1.29, 1.82) is 0 Å². The molecule has 2 aromatic carbocycles. The summed E-state index contributed by atoms with van der Waals surface area (Å²) in [6.07, 6.45) is 0.236. The number of aliphatic hydroxyl groups excluding tert-OH is 1. The van der Waals surface area contributed by atoms with Gasteiger partial charge in [-0.2, -0.15) is 0 Å². The van der Waals surface area contributed by atoms with Gasteiger partial charge in [-0.25, -0.2) is 10.3 Å². The number of benzene rings is 2. The van der Waals surface area contributed by atoms with Crippen molar-refractivity contribution in [3.63, 3.8) is 0 Å². The van der Waals surface area contributed by atoms with E-state index in [1.165, 1.54) is 61.7 Å². The number of esters is 1. The van der Waals surface area contributed by atoms with Gasteiger partial charge in [0.25, 0.3) is 5.91 Å². The van der Waals surface area contributed by atoms with Gasteiger partial charge in [0.05, 0.1) is 7.11 Å². The molecular formula is C27H29NO11. The van der Waals surface area contributed by atoms with E-state index in [4.69, 9.17) is 9.47 Å². The van der Waals surface area contributed by atoms with E-state index in [2.05, 4.69) is 11.4 Å². The van der Waals surface area contributed by atoms with Gasteiger partial charge in [0.2, 0.25) is 0 Å². The van der Waals surface area contributed by atoms with E-state index < -0.39 is 48.6 Å². The molecule has 0 saturated heterocycles. The molecule has 1 aliphatic rings. The first-order valence-corrected chi connectivity index (χ1v) is 11.6. The lowest BCUT2D eigenvalue weighted by atomic mass is 9.79. The van der Waals surface area contributed by atoms with Crippen LogP contribution in [0.25, 0.3) is 12.2 Å². The monoisotopic (exact) mass is 543 g/mol. The summed E-state index contributed by atoms with van der Waals surface area (Å²) in [5, 5.41) is 60.0. The molecule has 0 heterocycles. The first-order chi connectivity index (χ1) is 18.4. The number of nitrogens with one attached hydrogen (secondary N) is 1. The molecule has 0 spiro atoms. The van der Waals surface area contributed by atoms with Crippen molar-refractivity contribution in [3.05, 3.63) is 72.0 Å². The normalized spacial score (nSPS) is 23.0. The van der Waals surface area contributed by atoms with Gasteiger partial charge >= 0.3 is 5.97 Å². The van der Waals surface area contributed by atoms with Gasteiger partial charge in [-0.3, -0.25) is 9.63 Å². The molecule has 1 aliphatic carbocycles. The van der Waals surface area contributed by atoms with Crippen LogP contribution in [0.5, 0.6) is 23.0 Å². The molecular weight excluding hydrogens is 514 g/mol. The summed E-state index contributed by atoms with van der Waals surface area (Å²) in [7, 11) is 1.17. The molecule has 0 aliphatic heterocycles. The second-order valence-electron chi connectivity index (χ2n) is 8.83. The maximum atomic E-state index is 12.5. The number of hydroxylamine groups is 1. The lowest BCUT2D eigenvalue weighted by Gasteiger charge is -2.42. The average molecular weight is 544 g/mol. The van der Waals surface area contributed by atoms with E-state index in [1.807, 2.05) is 5.48 Å². The number of phenolic OH excluding ortho intramolecular Hbond substituents is 4. The van der Waals surface area contributed by atoms with Crippen molar-refractivity contribution in [1.82, 2.24) is 5.48 Å². The predicted octanol–water partition coefficient (Wildman–Crippen LogP) is 1.61. The molecule has 4 atom stereocenters. The molecule has 7 N–H and O–H groups in total. The number of aromatic hydroxyl groups is 4. The minimum atomic E-state index is -2.15. The molecule has 39 heavy (non-hydrogen) atoms. The third-order valence-corrected chi connectivity index (χ3v) is 5.90. The number of carbonyl (C=O) groups excluding carboxylic acids is 2. The Morgan fingerprint density at radius 3 is 1.92 bits per heavy atom. The molecule has 1 amide bonds. The molecule has 3 rings (SSSR count). The van der Waals surface area contributed by atoms with Gasteiger partial charge in [0, 0.05) is 18.9 Å². The van der Waals surface area contributed by atoms with E-state index in [9.17, 15) is 40.2 Å². The number of hydrogen-bond donors (Lipinski definition) is 7. The van der Waals surface area contributed by atoms with Gasteiger partial charge in [-0.15, -0.1) is 0 Å². The predicted molar refractivity (Wildman–Crippen MR) is 137 cm³/mol. The van der Waals surface area contributed by atoms with Crippen LogP contribution in [0, 0.1) is 0 Å². The SMILES string of the molecule is C=C(/C=C/c1ccc(O)c(O)c1)O[C@@H]1C[C@](O)(C(=O)NOC)C[C@@H](OC(=O)/C=C/c2ccc(O)c(O)c2)[C@H]1O. The zero-order valence-electron chi connectivity index (χ0n) is 20.9. The summed E-state index contributed by atoms with van der Waals surface area (Å²) in [5.74, 6) is -3.20. The zero-order valence-corrected chi connectivity index (χ0v) is 20.9. The highest BCUT2D eigenvalue weighted by molar-refractivity contribution is 5.88. The number of allylic oxidation sites excluding steroid dienone is 1. The Balaban J connectivity index is 1.75. The number of ether oxygens (including phenoxy) is 2. The molecule has 0 radical (unpaired) electrons. The van der Waals surface area contributed by atoms with Crippen LogP contribution in [0.3, 0.4) is 0 Å². The lowest BCUT2D eigenvalue weighted by molar-refractivity contribution is -0.193. The number of rotatable bonds is 9. The standard InChI is InChI=1S/C27H29NO11/c1-15(3-4-16-5-8-18(29)20(31)11-16)38-22-13-27(36,26(35)28-37-2)14-23(25(22)34)39-24(33)10-7-17-6-9-19(30)21(32)12-17/h3-12,22-23,25,29-32,34,36H,1,13-14H2,2H3,(H,28,35)/b4-3+,10-7+/t22-,23-,25+,27-/m1/s1. The van der Waals surface area contributed by atoms with Crippen LogP contribution in [0.2, 0.25) is 0 Å². The van der Waals surface area contributed by atoms with Crippen LogP contribution < -0.4 is 5.48 Å². The van der Waals surface area contributed by atoms with E-state index >= 15 is 0 Å². The molecule has 0 bridgehead atoms. The number of amides is 1. The van der Waals surface area contributed by atoms with Gasteiger partial charge in [0.15, 0.2) is 28.6 Å². The first-order valence-electron chi connectivity index (χ1n) is 11.6. The van der Waals surface area contributed by atoms with E-state index in [0.717, 1.165) is 6.08 Å². The number of aliphatic hydroxyl groups is 2. The highest BCUT2D eigenvalue weighted by Gasteiger charge is 2.51. The summed E-state index contributed by atoms with van der Waals surface area (Å²) in [6.45, 7) is 3.73. The largest absolute Gasteiger partial charge is 0.504 e. The van der Waals surface area contributed by atoms with Gasteiger partial charge < -0.3 is 40.1 Å². The van der Waals surface area contributed by atoms with Crippen LogP contribution in [0.4, 0.5) is 0 Å². The third kappa shape index (κ3) is 7.51. The van der Waals surface area contributed by atoms with Crippen molar-refractivity contribution < 1.29 is 54.5 Å². The Bertz CT molecular complexity index is 1200. The van der Waals surface area contributed by atoms with Crippen molar-refractivity contribution in [3.8, 4) is 23.0 Å². The Morgan fingerprint density at radius 2 is 1.41 bits per heavy atom. The fourth-order valence-corrected chi connectivity index (χ4v) is 3.89. The third-order valence-electron chi connectivity index (χ3n) is 5.90. The van der Waals surface area contributed by atoms with Crippen molar-refractivity contribution in [2.24, 2.45) is 0 Å². The Labute approximate surface area is 223 Å². The topological polar surface area (TPSA) is 195 Å². The highest BCUT2D eigenvalue weighted by Crippen LogP contribution is 2.34. The molecule has 0 aromatic heterocycles. The van der Waals surface area contributed by atoms with Gasteiger partial charge in [-0.05, 0) is 47.5 Å². The van der Waals surface area contributed by atoms with E-state index in [-0.39, 0.29) is 28.8 Å². The summed E-state index contributed by atoms with van der Waals surface area (Å²) >= 11 is 0. The smallest absolute Gasteiger partial charge is 0.331 e. The quantitative estimate of drug-likeness (QED) is 0.0606. The molecule has 12 nitrogen and oxygen atoms in total. The second-order valence-corrected chi connectivity index (χ2v) is 8.83. The Morgan fingerprint density at radius 1 is 0.897 bits per heavy atom. The molecule has 1 saturated carbocycles. The Kier molecular flexibility index (Phi) is 9.20. The van der Waals surface area contributed by atoms with Crippen LogP contribution >= 0.6 is 0 Å². The van der Waals surface area contributed by atoms with Crippen LogP contribution in [-0.2, 0) is 23.9 Å². The fourth-order valence-electron chi connectivity index (χ4n) is 3.89. The molecule has 12 heteroatoms. The number of carbonyl (C=O) groups is 2. The minimum absolute atomic E-state index is 0.0140. The van der Waals surface area contributed by atoms with Gasteiger partial charge in [-0.1, -0.05) is 24.8 Å². The number of hydrogen-bond acceptors (Lipinski definition) is 11. The molecule has 2 aromatic rings. The summed E-state index contributed by atoms with van der Waals surface area (Å²) in [4.78, 5) is 29.6. The second kappa shape index (κ2) is 12.3. The van der Waals surface area contributed by atoms with Crippen molar-refractivity contribution in [2.45, 2.75) is 36.8 Å². The lowest BCUT2D eigenvalue weighted by Crippen LogP contribution is -2.60. The van der Waals surface area contributed by atoms with Gasteiger partial charge in [0.1, 0.15) is 24.1 Å². The summed E-state index contributed by atoms with van der Waals surface area (Å²) in [6, 6.07) is 7.98. The van der Waals surface area contributed by atoms with E-state index in [1.54, 1.807) is 0 Å². The van der Waals surface area contributed by atoms with Crippen LogP contribution in [-0.4, -0.2) is 73.5 Å². The van der Waals surface area contributed by atoms with Crippen molar-refractivity contribution in [2.75, 3.05) is 7.11 Å². The Hall–Kier alpha value is -4.52. The number of phenols is 4. The highest BCUT2D eigenvalue weighted by atomic mass is 16.6. The average Bonchev–Trinajstić information content (AvgIpc) is 2.88. The minimum Gasteiger partial charge on any atom is -0.504 e. The molecule has 0 unspecified atom stereocenters. The maximum Gasteiger partial charge on any atom is 0.331 e. The maximum absolute atomic E-state index is 12.5. The van der Waals surface area contributed by atoms with Crippen LogP contribution in [0.1, 0.15) is 24.0 Å². The fraction of sp³-hybridized carbons (Fsp3) is 0.259. The first kappa shape index (κ1) is 29.0. The summed E-state index contributed by atoms with van der Waals surface area (Å²) in [5.41, 5.74) is 0.743. The van der Waals surface area contributed by atoms with Crippen molar-refractivity contribution >= 4 is 24.0 Å². The van der Waals surface area contributed by atoms with E-state index in [0.29, 0.717) is 11.1 Å². The molecule has 1 fully saturated rings. The summed E-state index contributed by atoms with van der Waals surface area (Å²) < 4.78 is 11.0. The zero-order chi connectivity index (χ0) is 28.7. The molecule has 208 valence electrons. The van der Waals surface area contributed by atoms with Crippen LogP contribution in [0.15, 0.2) is 60.9 Å².